The van der Waals surface area contributed by atoms with Crippen LogP contribution < -0.4 is 10.1 Å². The Morgan fingerprint density at radius 2 is 1.81 bits per heavy atom. The highest BCUT2D eigenvalue weighted by Gasteiger charge is 2.13. The average molecular weight is 385 g/mol. The molecule has 0 bridgehead atoms. The van der Waals surface area contributed by atoms with E-state index in [1.165, 1.54) is 12.6 Å². The Bertz CT molecular complexity index is 1060. The molecule has 27 heavy (non-hydrogen) atoms. The molecule has 0 radical (unpaired) electrons. The standard InChI is InChI=1S/C20H23N3O3S/c1-13-6-5-7-14(2)19(13)26-11-15(3)23-20-17-10-16(27(4,24)25)8-9-18(17)21-12-22-20/h5-10,12,15H,11H2,1-4H3,(H,21,22,23). The molecule has 0 saturated carbocycles. The predicted molar refractivity (Wildman–Crippen MR) is 107 cm³/mol. The van der Waals surface area contributed by atoms with Gasteiger partial charge in [0.05, 0.1) is 16.5 Å². The summed E-state index contributed by atoms with van der Waals surface area (Å²) in [5.41, 5.74) is 2.86. The Balaban J connectivity index is 1.81. The summed E-state index contributed by atoms with van der Waals surface area (Å²) in [6.07, 6.45) is 2.65. The zero-order chi connectivity index (χ0) is 19.6. The molecule has 0 fully saturated rings. The number of anilines is 1. The number of ether oxygens (including phenoxy) is 1. The summed E-state index contributed by atoms with van der Waals surface area (Å²) < 4.78 is 29.7. The number of para-hydroxylation sites is 1. The summed E-state index contributed by atoms with van der Waals surface area (Å²) in [5.74, 6) is 1.47. The van der Waals surface area contributed by atoms with Gasteiger partial charge in [-0.25, -0.2) is 18.4 Å². The molecule has 7 heteroatoms. The number of benzene rings is 2. The maximum absolute atomic E-state index is 11.9. The quantitative estimate of drug-likeness (QED) is 0.699. The molecule has 0 saturated heterocycles. The van der Waals surface area contributed by atoms with Crippen molar-refractivity contribution in [3.05, 3.63) is 53.9 Å². The molecule has 3 aromatic rings. The molecule has 0 aliphatic heterocycles. The summed E-state index contributed by atoms with van der Waals surface area (Å²) in [6.45, 7) is 6.47. The SMILES string of the molecule is Cc1cccc(C)c1OCC(C)Nc1ncnc2ccc(S(C)(=O)=O)cc12. The highest BCUT2D eigenvalue weighted by molar-refractivity contribution is 7.90. The van der Waals surface area contributed by atoms with Crippen LogP contribution in [-0.2, 0) is 9.84 Å². The van der Waals surface area contributed by atoms with E-state index in [9.17, 15) is 8.42 Å². The molecule has 0 amide bonds. The molecule has 0 spiro atoms. The van der Waals surface area contributed by atoms with Crippen LogP contribution in [0.3, 0.4) is 0 Å². The summed E-state index contributed by atoms with van der Waals surface area (Å²) in [5, 5.41) is 3.97. The Hall–Kier alpha value is -2.67. The monoisotopic (exact) mass is 385 g/mol. The third kappa shape index (κ3) is 4.36. The van der Waals surface area contributed by atoms with Gasteiger partial charge < -0.3 is 10.1 Å². The van der Waals surface area contributed by atoms with Gasteiger partial charge in [0.2, 0.25) is 0 Å². The zero-order valence-electron chi connectivity index (χ0n) is 15.9. The molecule has 1 heterocycles. The van der Waals surface area contributed by atoms with Crippen LogP contribution in [0.5, 0.6) is 5.75 Å². The van der Waals surface area contributed by atoms with Crippen LogP contribution >= 0.6 is 0 Å². The second-order valence-electron chi connectivity index (χ2n) is 6.75. The number of aromatic nitrogens is 2. The van der Waals surface area contributed by atoms with Gasteiger partial charge in [0.15, 0.2) is 9.84 Å². The van der Waals surface area contributed by atoms with Crippen molar-refractivity contribution in [2.75, 3.05) is 18.2 Å². The predicted octanol–water partition coefficient (Wildman–Crippen LogP) is 3.53. The molecule has 0 aliphatic carbocycles. The van der Waals surface area contributed by atoms with Crippen LogP contribution in [0.2, 0.25) is 0 Å². The molecule has 1 aromatic heterocycles. The van der Waals surface area contributed by atoms with Gasteiger partial charge in [0, 0.05) is 11.6 Å². The minimum atomic E-state index is -3.30. The zero-order valence-corrected chi connectivity index (χ0v) is 16.7. The van der Waals surface area contributed by atoms with Gasteiger partial charge in [0.1, 0.15) is 24.5 Å². The molecule has 142 valence electrons. The van der Waals surface area contributed by atoms with Gasteiger partial charge in [-0.3, -0.25) is 0 Å². The van der Waals surface area contributed by atoms with E-state index in [2.05, 4.69) is 15.3 Å². The highest BCUT2D eigenvalue weighted by Crippen LogP contribution is 2.25. The second-order valence-corrected chi connectivity index (χ2v) is 8.77. The highest BCUT2D eigenvalue weighted by atomic mass is 32.2. The number of hydrogen-bond donors (Lipinski definition) is 1. The van der Waals surface area contributed by atoms with Gasteiger partial charge in [-0.15, -0.1) is 0 Å². The Kier molecular flexibility index (Phi) is 5.32. The first kappa shape index (κ1) is 19.1. The normalized spacial score (nSPS) is 12.7. The van der Waals surface area contributed by atoms with E-state index in [-0.39, 0.29) is 10.9 Å². The minimum Gasteiger partial charge on any atom is -0.491 e. The minimum absolute atomic E-state index is 0.0380. The van der Waals surface area contributed by atoms with Crippen molar-refractivity contribution in [1.82, 2.24) is 9.97 Å². The summed E-state index contributed by atoms with van der Waals surface area (Å²) >= 11 is 0. The fourth-order valence-electron chi connectivity index (χ4n) is 2.89. The first-order chi connectivity index (χ1) is 12.8. The van der Waals surface area contributed by atoms with Crippen molar-refractivity contribution in [3.63, 3.8) is 0 Å². The van der Waals surface area contributed by atoms with Gasteiger partial charge in [-0.1, -0.05) is 18.2 Å². The smallest absolute Gasteiger partial charge is 0.175 e. The molecule has 2 aromatic carbocycles. The molecule has 3 rings (SSSR count). The lowest BCUT2D eigenvalue weighted by molar-refractivity contribution is 0.300. The Labute approximate surface area is 159 Å². The van der Waals surface area contributed by atoms with E-state index >= 15 is 0 Å². The molecular formula is C20H23N3O3S. The van der Waals surface area contributed by atoms with Crippen molar-refractivity contribution in [2.45, 2.75) is 31.7 Å². The van der Waals surface area contributed by atoms with E-state index in [0.29, 0.717) is 23.3 Å². The molecular weight excluding hydrogens is 362 g/mol. The van der Waals surface area contributed by atoms with Crippen LogP contribution in [0, 0.1) is 13.8 Å². The van der Waals surface area contributed by atoms with Crippen molar-refractivity contribution in [3.8, 4) is 5.75 Å². The van der Waals surface area contributed by atoms with E-state index < -0.39 is 9.84 Å². The number of sulfone groups is 1. The molecule has 0 aliphatic rings. The Morgan fingerprint density at radius 1 is 1.11 bits per heavy atom. The van der Waals surface area contributed by atoms with Crippen LogP contribution in [0.1, 0.15) is 18.1 Å². The van der Waals surface area contributed by atoms with Crippen molar-refractivity contribution >= 4 is 26.6 Å². The molecule has 1 atom stereocenters. The number of nitrogens with zero attached hydrogens (tertiary/aromatic N) is 2. The third-order valence-electron chi connectivity index (χ3n) is 4.30. The summed E-state index contributed by atoms with van der Waals surface area (Å²) in [7, 11) is -3.30. The van der Waals surface area contributed by atoms with Crippen LogP contribution in [0.15, 0.2) is 47.6 Å². The van der Waals surface area contributed by atoms with Crippen molar-refractivity contribution in [2.24, 2.45) is 0 Å². The van der Waals surface area contributed by atoms with Crippen molar-refractivity contribution in [1.29, 1.82) is 0 Å². The fourth-order valence-corrected chi connectivity index (χ4v) is 3.54. The first-order valence-corrected chi connectivity index (χ1v) is 10.5. The number of rotatable bonds is 6. The van der Waals surface area contributed by atoms with Crippen LogP contribution in [0.4, 0.5) is 5.82 Å². The van der Waals surface area contributed by atoms with E-state index in [4.69, 9.17) is 4.74 Å². The number of hydrogen-bond acceptors (Lipinski definition) is 6. The first-order valence-electron chi connectivity index (χ1n) is 8.66. The van der Waals surface area contributed by atoms with E-state index in [1.54, 1.807) is 18.2 Å². The lowest BCUT2D eigenvalue weighted by Gasteiger charge is -2.18. The number of nitrogens with one attached hydrogen (secondary N) is 1. The average Bonchev–Trinajstić information content (AvgIpc) is 2.60. The number of aryl methyl sites for hydroxylation is 2. The fraction of sp³-hybridized carbons (Fsp3) is 0.300. The second kappa shape index (κ2) is 7.52. The van der Waals surface area contributed by atoms with E-state index in [1.807, 2.05) is 39.0 Å². The van der Waals surface area contributed by atoms with Gasteiger partial charge >= 0.3 is 0 Å². The van der Waals surface area contributed by atoms with Gasteiger partial charge in [0.25, 0.3) is 0 Å². The van der Waals surface area contributed by atoms with Crippen molar-refractivity contribution < 1.29 is 13.2 Å². The summed E-state index contributed by atoms with van der Waals surface area (Å²) in [6, 6.07) is 10.9. The molecule has 6 nitrogen and oxygen atoms in total. The lowest BCUT2D eigenvalue weighted by Crippen LogP contribution is -2.24. The van der Waals surface area contributed by atoms with Crippen LogP contribution in [-0.4, -0.2) is 37.3 Å². The lowest BCUT2D eigenvalue weighted by atomic mass is 10.1. The molecule has 1 N–H and O–H groups in total. The number of fused-ring (bicyclic) bond motifs is 1. The maximum Gasteiger partial charge on any atom is 0.175 e. The third-order valence-corrected chi connectivity index (χ3v) is 5.41. The maximum atomic E-state index is 11.9. The Morgan fingerprint density at radius 3 is 2.48 bits per heavy atom. The van der Waals surface area contributed by atoms with E-state index in [0.717, 1.165) is 16.9 Å². The topological polar surface area (TPSA) is 81.2 Å². The van der Waals surface area contributed by atoms with Crippen LogP contribution in [0.25, 0.3) is 10.9 Å². The molecule has 1 unspecified atom stereocenters. The largest absolute Gasteiger partial charge is 0.491 e. The van der Waals surface area contributed by atoms with Gasteiger partial charge in [-0.2, -0.15) is 0 Å². The van der Waals surface area contributed by atoms with Gasteiger partial charge in [-0.05, 0) is 50.1 Å². The summed E-state index contributed by atoms with van der Waals surface area (Å²) in [4.78, 5) is 8.74.